The number of fused-ring (bicyclic) bond motifs is 1. The highest BCUT2D eigenvalue weighted by Gasteiger charge is 2.28. The zero-order chi connectivity index (χ0) is 23.5. The number of carbonyl (C=O) groups excluding carboxylic acids is 1. The van der Waals surface area contributed by atoms with Gasteiger partial charge in [0.25, 0.3) is 5.91 Å². The van der Waals surface area contributed by atoms with Gasteiger partial charge in [0.15, 0.2) is 0 Å². The predicted octanol–water partition coefficient (Wildman–Crippen LogP) is 2.57. The van der Waals surface area contributed by atoms with Crippen molar-refractivity contribution in [3.8, 4) is 5.75 Å². The number of morpholine rings is 1. The van der Waals surface area contributed by atoms with Gasteiger partial charge in [0.1, 0.15) is 5.75 Å². The number of nitrogens with one attached hydrogen (secondary N) is 1. The molecule has 34 heavy (non-hydrogen) atoms. The Labute approximate surface area is 202 Å². The van der Waals surface area contributed by atoms with Gasteiger partial charge in [0, 0.05) is 62.2 Å². The number of rotatable bonds is 5. The first-order valence-electron chi connectivity index (χ1n) is 12.5. The summed E-state index contributed by atoms with van der Waals surface area (Å²) in [4.78, 5) is 20.2. The highest BCUT2D eigenvalue weighted by Crippen LogP contribution is 2.37. The van der Waals surface area contributed by atoms with Gasteiger partial charge in [-0.3, -0.25) is 4.79 Å². The lowest BCUT2D eigenvalue weighted by Gasteiger charge is -2.37. The molecule has 1 amide bonds. The third kappa shape index (κ3) is 4.86. The van der Waals surface area contributed by atoms with Crippen LogP contribution in [0.25, 0.3) is 0 Å². The molecule has 0 unspecified atom stereocenters. The van der Waals surface area contributed by atoms with Gasteiger partial charge in [-0.05, 0) is 73.8 Å². The number of ether oxygens (including phenoxy) is 2. The summed E-state index contributed by atoms with van der Waals surface area (Å²) in [6, 6.07) is 12.4. The zero-order valence-corrected chi connectivity index (χ0v) is 20.4. The minimum absolute atomic E-state index is 0.00557. The van der Waals surface area contributed by atoms with Crippen LogP contribution < -0.4 is 19.9 Å². The molecule has 0 radical (unpaired) electrons. The summed E-state index contributed by atoms with van der Waals surface area (Å²) >= 11 is 0. The molecule has 3 aliphatic rings. The topological polar surface area (TPSA) is 57.3 Å². The molecule has 2 saturated heterocycles. The van der Waals surface area contributed by atoms with Crippen molar-refractivity contribution in [3.63, 3.8) is 0 Å². The van der Waals surface area contributed by atoms with Crippen LogP contribution in [0.1, 0.15) is 27.9 Å². The molecule has 2 aromatic rings. The van der Waals surface area contributed by atoms with E-state index in [1.165, 1.54) is 16.8 Å². The summed E-state index contributed by atoms with van der Waals surface area (Å²) in [6.45, 7) is 7.50. The lowest BCUT2D eigenvalue weighted by molar-refractivity contribution is 0.0933. The number of likely N-dealkylation sites (N-methyl/N-ethyl adjacent to an activating group) is 1. The van der Waals surface area contributed by atoms with Gasteiger partial charge in [-0.2, -0.15) is 0 Å². The molecule has 2 aromatic carbocycles. The number of piperazine rings is 1. The molecule has 2 heterocycles. The van der Waals surface area contributed by atoms with E-state index in [1.807, 2.05) is 24.3 Å². The Hall–Kier alpha value is -2.77. The maximum atomic E-state index is 13.1. The predicted molar refractivity (Wildman–Crippen MR) is 135 cm³/mol. The van der Waals surface area contributed by atoms with E-state index in [-0.39, 0.29) is 11.9 Å². The second kappa shape index (κ2) is 10.2. The van der Waals surface area contributed by atoms with Crippen molar-refractivity contribution in [3.05, 3.63) is 53.1 Å². The number of amides is 1. The summed E-state index contributed by atoms with van der Waals surface area (Å²) in [7, 11) is 3.93. The summed E-state index contributed by atoms with van der Waals surface area (Å²) < 4.78 is 11.1. The van der Waals surface area contributed by atoms with Crippen molar-refractivity contribution in [1.82, 2.24) is 10.2 Å². The molecule has 1 aliphatic carbocycles. The summed E-state index contributed by atoms with van der Waals surface area (Å²) in [5.41, 5.74) is 5.81. The van der Waals surface area contributed by atoms with Gasteiger partial charge in [-0.1, -0.05) is 0 Å². The molecule has 0 bridgehead atoms. The minimum Gasteiger partial charge on any atom is -0.496 e. The van der Waals surface area contributed by atoms with Gasteiger partial charge in [-0.15, -0.1) is 0 Å². The highest BCUT2D eigenvalue weighted by atomic mass is 16.5. The molecule has 0 aromatic heterocycles. The SMILES string of the molecule is COc1ccc(N2CCN(C)CC2)c2c1CC[C@@H](NC(=O)c1ccc(N3CCOCC3)cc1)C2. The monoisotopic (exact) mass is 464 g/mol. The van der Waals surface area contributed by atoms with E-state index in [9.17, 15) is 4.79 Å². The van der Waals surface area contributed by atoms with Crippen LogP contribution in [0.5, 0.6) is 5.75 Å². The molecule has 7 heteroatoms. The van der Waals surface area contributed by atoms with Crippen molar-refractivity contribution in [2.75, 3.05) is 76.4 Å². The van der Waals surface area contributed by atoms with Crippen LogP contribution >= 0.6 is 0 Å². The largest absolute Gasteiger partial charge is 0.496 e. The van der Waals surface area contributed by atoms with Crippen LogP contribution in [-0.4, -0.2) is 83.5 Å². The number of methoxy groups -OCH3 is 1. The van der Waals surface area contributed by atoms with Crippen molar-refractivity contribution in [2.24, 2.45) is 0 Å². The number of hydrogen-bond acceptors (Lipinski definition) is 6. The van der Waals surface area contributed by atoms with Gasteiger partial charge in [-0.25, -0.2) is 0 Å². The summed E-state index contributed by atoms with van der Waals surface area (Å²) in [6.07, 6.45) is 2.68. The van der Waals surface area contributed by atoms with E-state index in [4.69, 9.17) is 9.47 Å². The third-order valence-corrected chi connectivity index (χ3v) is 7.46. The molecule has 1 atom stereocenters. The summed E-state index contributed by atoms with van der Waals surface area (Å²) in [5.74, 6) is 0.974. The molecule has 1 N–H and O–H groups in total. The van der Waals surface area contributed by atoms with E-state index in [0.29, 0.717) is 5.56 Å². The Morgan fingerprint density at radius 3 is 2.38 bits per heavy atom. The fraction of sp³-hybridized carbons (Fsp3) is 0.519. The van der Waals surface area contributed by atoms with Crippen LogP contribution in [0.2, 0.25) is 0 Å². The Morgan fingerprint density at radius 1 is 0.941 bits per heavy atom. The van der Waals surface area contributed by atoms with E-state index in [0.717, 1.165) is 83.2 Å². The van der Waals surface area contributed by atoms with Gasteiger partial charge in [0.05, 0.1) is 20.3 Å². The van der Waals surface area contributed by atoms with E-state index in [1.54, 1.807) is 7.11 Å². The first kappa shape index (κ1) is 23.0. The molecule has 2 aliphatic heterocycles. The van der Waals surface area contributed by atoms with Crippen molar-refractivity contribution in [1.29, 1.82) is 0 Å². The minimum atomic E-state index is 0.00557. The Bertz CT molecular complexity index is 996. The number of carbonyl (C=O) groups is 1. The maximum Gasteiger partial charge on any atom is 0.251 e. The molecule has 0 saturated carbocycles. The third-order valence-electron chi connectivity index (χ3n) is 7.46. The quantitative estimate of drug-likeness (QED) is 0.734. The molecular formula is C27H36N4O3. The fourth-order valence-corrected chi connectivity index (χ4v) is 5.40. The van der Waals surface area contributed by atoms with Crippen molar-refractivity contribution < 1.29 is 14.3 Å². The molecule has 0 spiro atoms. The molecule has 7 nitrogen and oxygen atoms in total. The van der Waals surface area contributed by atoms with Gasteiger partial charge in [0.2, 0.25) is 0 Å². The second-order valence-corrected chi connectivity index (χ2v) is 9.59. The zero-order valence-electron chi connectivity index (χ0n) is 20.4. The lowest BCUT2D eigenvalue weighted by Crippen LogP contribution is -2.45. The maximum absolute atomic E-state index is 13.1. The number of nitrogens with zero attached hydrogens (tertiary/aromatic N) is 3. The van der Waals surface area contributed by atoms with Crippen LogP contribution in [0.15, 0.2) is 36.4 Å². The standard InChI is InChI=1S/C27H36N4O3/c1-29-11-13-31(14-12-29)25-9-10-26(33-2)23-8-5-21(19-24(23)25)28-27(32)20-3-6-22(7-4-20)30-15-17-34-18-16-30/h3-4,6-7,9-10,21H,5,8,11-19H2,1-2H3,(H,28,32)/t21-/m1/s1. The number of hydrogen-bond donors (Lipinski definition) is 1. The van der Waals surface area contributed by atoms with Crippen LogP contribution in [-0.2, 0) is 17.6 Å². The lowest BCUT2D eigenvalue weighted by atomic mass is 9.85. The molecular weight excluding hydrogens is 428 g/mol. The molecule has 2 fully saturated rings. The van der Waals surface area contributed by atoms with Crippen molar-refractivity contribution in [2.45, 2.75) is 25.3 Å². The fourth-order valence-electron chi connectivity index (χ4n) is 5.40. The Morgan fingerprint density at radius 2 is 1.68 bits per heavy atom. The average molecular weight is 465 g/mol. The van der Waals surface area contributed by atoms with E-state index < -0.39 is 0 Å². The first-order valence-corrected chi connectivity index (χ1v) is 12.5. The van der Waals surface area contributed by atoms with Crippen LogP contribution in [0.4, 0.5) is 11.4 Å². The Kier molecular flexibility index (Phi) is 6.92. The normalized spacial score (nSPS) is 21.2. The summed E-state index contributed by atoms with van der Waals surface area (Å²) in [5, 5.41) is 3.31. The highest BCUT2D eigenvalue weighted by molar-refractivity contribution is 5.94. The molecule has 5 rings (SSSR count). The number of benzene rings is 2. The smallest absolute Gasteiger partial charge is 0.251 e. The van der Waals surface area contributed by atoms with Crippen molar-refractivity contribution >= 4 is 17.3 Å². The average Bonchev–Trinajstić information content (AvgIpc) is 2.89. The van der Waals surface area contributed by atoms with Crippen LogP contribution in [0, 0.1) is 0 Å². The van der Waals surface area contributed by atoms with E-state index >= 15 is 0 Å². The van der Waals surface area contributed by atoms with Gasteiger partial charge < -0.3 is 29.5 Å². The first-order chi connectivity index (χ1) is 16.6. The van der Waals surface area contributed by atoms with Gasteiger partial charge >= 0.3 is 0 Å². The van der Waals surface area contributed by atoms with E-state index in [2.05, 4.69) is 39.2 Å². The number of anilines is 2. The Balaban J connectivity index is 1.29. The van der Waals surface area contributed by atoms with Crippen LogP contribution in [0.3, 0.4) is 0 Å². The second-order valence-electron chi connectivity index (χ2n) is 9.59. The molecule has 182 valence electrons.